The number of benzene rings is 4. The van der Waals surface area contributed by atoms with Gasteiger partial charge < -0.3 is 10.1 Å². The van der Waals surface area contributed by atoms with Crippen LogP contribution in [0.2, 0.25) is 0 Å². The summed E-state index contributed by atoms with van der Waals surface area (Å²) in [5.74, 6) is -0.819. The standard InChI is InChI=1S/C28H22N2O3/c1-33-28(32)25(17-18-14-15-19-8-2-3-9-20(19)16-18)30-27(31)26-21-10-4-6-12-23(21)29-24-13-7-5-11-22(24)26/h2-16,25H,17H2,1H3,(H,30,31)/t25-/m1/s1. The molecule has 5 nitrogen and oxygen atoms in total. The normalized spacial score (nSPS) is 12.0. The summed E-state index contributed by atoms with van der Waals surface area (Å²) in [7, 11) is 1.33. The van der Waals surface area contributed by atoms with Crippen LogP contribution in [-0.4, -0.2) is 30.0 Å². The predicted molar refractivity (Wildman–Crippen MR) is 130 cm³/mol. The van der Waals surface area contributed by atoms with E-state index in [4.69, 9.17) is 4.74 Å². The fraction of sp³-hybridized carbons (Fsp3) is 0.107. The molecule has 5 rings (SSSR count). The van der Waals surface area contributed by atoms with Crippen LogP contribution in [0.1, 0.15) is 15.9 Å². The van der Waals surface area contributed by atoms with Crippen molar-refractivity contribution < 1.29 is 14.3 Å². The number of fused-ring (bicyclic) bond motifs is 3. The van der Waals surface area contributed by atoms with Gasteiger partial charge in [0.15, 0.2) is 0 Å². The van der Waals surface area contributed by atoms with Crippen LogP contribution in [0.15, 0.2) is 91.0 Å². The van der Waals surface area contributed by atoms with E-state index in [0.717, 1.165) is 38.1 Å². The van der Waals surface area contributed by atoms with Crippen molar-refractivity contribution in [3.05, 3.63) is 102 Å². The number of ether oxygens (including phenoxy) is 1. The van der Waals surface area contributed by atoms with Crippen molar-refractivity contribution in [3.63, 3.8) is 0 Å². The Hall–Kier alpha value is -4.25. The SMILES string of the molecule is COC(=O)[C@@H](Cc1ccc2ccccc2c1)NC(=O)c1c2ccccc2nc2ccccc12. The molecule has 0 saturated heterocycles. The molecule has 4 aromatic carbocycles. The summed E-state index contributed by atoms with van der Waals surface area (Å²) in [6.07, 6.45) is 0.324. The highest BCUT2D eigenvalue weighted by atomic mass is 16.5. The van der Waals surface area contributed by atoms with E-state index in [1.165, 1.54) is 7.11 Å². The number of para-hydroxylation sites is 2. The van der Waals surface area contributed by atoms with Gasteiger partial charge in [0.2, 0.25) is 0 Å². The number of aromatic nitrogens is 1. The molecule has 1 amide bonds. The van der Waals surface area contributed by atoms with Crippen LogP contribution >= 0.6 is 0 Å². The molecule has 0 radical (unpaired) electrons. The van der Waals surface area contributed by atoms with Crippen molar-refractivity contribution >= 4 is 44.5 Å². The zero-order valence-electron chi connectivity index (χ0n) is 18.1. The van der Waals surface area contributed by atoms with Gasteiger partial charge in [-0.25, -0.2) is 9.78 Å². The second-order valence-corrected chi connectivity index (χ2v) is 7.96. The molecule has 0 aliphatic carbocycles. The van der Waals surface area contributed by atoms with Crippen molar-refractivity contribution in [2.75, 3.05) is 7.11 Å². The van der Waals surface area contributed by atoms with Gasteiger partial charge in [0.25, 0.3) is 5.91 Å². The van der Waals surface area contributed by atoms with Crippen molar-refractivity contribution in [2.24, 2.45) is 0 Å². The Bertz CT molecular complexity index is 1460. The first-order valence-corrected chi connectivity index (χ1v) is 10.8. The van der Waals surface area contributed by atoms with Gasteiger partial charge in [-0.3, -0.25) is 4.79 Å². The third-order valence-electron chi connectivity index (χ3n) is 5.86. The lowest BCUT2D eigenvalue weighted by molar-refractivity contribution is -0.142. The van der Waals surface area contributed by atoms with E-state index in [1.54, 1.807) is 0 Å². The Balaban J connectivity index is 1.52. The number of carbonyl (C=O) groups excluding carboxylic acids is 2. The van der Waals surface area contributed by atoms with E-state index in [-0.39, 0.29) is 5.91 Å². The highest BCUT2D eigenvalue weighted by Gasteiger charge is 2.25. The third kappa shape index (κ3) is 4.01. The molecular weight excluding hydrogens is 412 g/mol. The monoisotopic (exact) mass is 434 g/mol. The number of methoxy groups -OCH3 is 1. The van der Waals surface area contributed by atoms with Gasteiger partial charge in [-0.2, -0.15) is 0 Å². The number of carbonyl (C=O) groups is 2. The molecule has 0 spiro atoms. The molecule has 0 unspecified atom stereocenters. The maximum atomic E-state index is 13.6. The summed E-state index contributed by atoms with van der Waals surface area (Å²) in [5, 5.41) is 6.60. The van der Waals surface area contributed by atoms with Gasteiger partial charge in [0.1, 0.15) is 6.04 Å². The molecule has 1 atom stereocenters. The number of amides is 1. The fourth-order valence-corrected chi connectivity index (χ4v) is 4.25. The van der Waals surface area contributed by atoms with Gasteiger partial charge >= 0.3 is 5.97 Å². The molecule has 1 aromatic heterocycles. The fourth-order valence-electron chi connectivity index (χ4n) is 4.25. The summed E-state index contributed by atoms with van der Waals surface area (Å²) in [6.45, 7) is 0. The molecule has 5 heteroatoms. The predicted octanol–water partition coefficient (Wildman–Crippen LogP) is 5.06. The molecule has 0 fully saturated rings. The lowest BCUT2D eigenvalue weighted by Gasteiger charge is -2.18. The largest absolute Gasteiger partial charge is 0.467 e. The smallest absolute Gasteiger partial charge is 0.328 e. The zero-order valence-corrected chi connectivity index (χ0v) is 18.1. The van der Waals surface area contributed by atoms with E-state index in [1.807, 2.05) is 91.0 Å². The number of rotatable bonds is 5. The minimum atomic E-state index is -0.825. The highest BCUT2D eigenvalue weighted by Crippen LogP contribution is 2.26. The number of hydrogen-bond donors (Lipinski definition) is 1. The maximum Gasteiger partial charge on any atom is 0.328 e. The molecule has 0 saturated carbocycles. The summed E-state index contributed by atoms with van der Waals surface area (Å²) < 4.78 is 5.02. The Kier molecular flexibility index (Phi) is 5.45. The lowest BCUT2D eigenvalue weighted by Crippen LogP contribution is -2.43. The number of esters is 1. The van der Waals surface area contributed by atoms with Crippen LogP contribution in [0.3, 0.4) is 0 Å². The van der Waals surface area contributed by atoms with Crippen LogP contribution in [0.25, 0.3) is 32.6 Å². The Labute approximate surface area is 191 Å². The number of nitrogens with one attached hydrogen (secondary N) is 1. The Morgan fingerprint density at radius 2 is 1.42 bits per heavy atom. The topological polar surface area (TPSA) is 68.3 Å². The first kappa shape index (κ1) is 20.6. The number of hydrogen-bond acceptors (Lipinski definition) is 4. The molecule has 0 aliphatic rings. The average Bonchev–Trinajstić information content (AvgIpc) is 2.86. The van der Waals surface area contributed by atoms with Crippen molar-refractivity contribution in [1.29, 1.82) is 0 Å². The minimum Gasteiger partial charge on any atom is -0.467 e. The first-order valence-electron chi connectivity index (χ1n) is 10.8. The molecule has 1 heterocycles. The van der Waals surface area contributed by atoms with E-state index in [2.05, 4.69) is 10.3 Å². The first-order chi connectivity index (χ1) is 16.1. The second kappa shape index (κ2) is 8.71. The summed E-state index contributed by atoms with van der Waals surface area (Å²) in [5.41, 5.74) is 2.90. The molecule has 0 aliphatic heterocycles. The van der Waals surface area contributed by atoms with Crippen molar-refractivity contribution in [2.45, 2.75) is 12.5 Å². The van der Waals surface area contributed by atoms with Gasteiger partial charge in [-0.05, 0) is 28.5 Å². The van der Waals surface area contributed by atoms with E-state index in [9.17, 15) is 9.59 Å². The molecule has 33 heavy (non-hydrogen) atoms. The van der Waals surface area contributed by atoms with Gasteiger partial charge in [-0.1, -0.05) is 78.9 Å². The van der Waals surface area contributed by atoms with Gasteiger partial charge in [-0.15, -0.1) is 0 Å². The summed E-state index contributed by atoms with van der Waals surface area (Å²) in [6, 6.07) is 28.3. The zero-order chi connectivity index (χ0) is 22.8. The van der Waals surface area contributed by atoms with Gasteiger partial charge in [0, 0.05) is 17.2 Å². The Morgan fingerprint density at radius 3 is 2.09 bits per heavy atom. The van der Waals surface area contributed by atoms with Crippen LogP contribution in [0.5, 0.6) is 0 Å². The molecule has 1 N–H and O–H groups in total. The van der Waals surface area contributed by atoms with Gasteiger partial charge in [0.05, 0.1) is 23.7 Å². The van der Waals surface area contributed by atoms with Crippen molar-refractivity contribution in [3.8, 4) is 0 Å². The van der Waals surface area contributed by atoms with Crippen LogP contribution in [-0.2, 0) is 16.0 Å². The minimum absolute atomic E-state index is 0.324. The number of nitrogens with zero attached hydrogens (tertiary/aromatic N) is 1. The Morgan fingerprint density at radius 1 is 0.818 bits per heavy atom. The second-order valence-electron chi connectivity index (χ2n) is 7.96. The highest BCUT2D eigenvalue weighted by molar-refractivity contribution is 6.16. The molecule has 0 bridgehead atoms. The van der Waals surface area contributed by atoms with Crippen molar-refractivity contribution in [1.82, 2.24) is 10.3 Å². The van der Waals surface area contributed by atoms with E-state index >= 15 is 0 Å². The third-order valence-corrected chi connectivity index (χ3v) is 5.86. The van der Waals surface area contributed by atoms with Crippen LogP contribution < -0.4 is 5.32 Å². The quantitative estimate of drug-likeness (QED) is 0.310. The maximum absolute atomic E-state index is 13.6. The molecule has 5 aromatic rings. The summed E-state index contributed by atoms with van der Waals surface area (Å²) in [4.78, 5) is 30.9. The molecular formula is C28H22N2O3. The number of pyridine rings is 1. The lowest BCUT2D eigenvalue weighted by atomic mass is 9.99. The van der Waals surface area contributed by atoms with E-state index in [0.29, 0.717) is 12.0 Å². The van der Waals surface area contributed by atoms with E-state index < -0.39 is 12.0 Å². The van der Waals surface area contributed by atoms with Crippen LogP contribution in [0, 0.1) is 0 Å². The van der Waals surface area contributed by atoms with Crippen LogP contribution in [0.4, 0.5) is 0 Å². The molecule has 162 valence electrons. The summed E-state index contributed by atoms with van der Waals surface area (Å²) >= 11 is 0. The average molecular weight is 434 g/mol.